The second-order valence-corrected chi connectivity index (χ2v) is 4.48. The Bertz CT molecular complexity index is 347. The predicted molar refractivity (Wildman–Crippen MR) is 58.9 cm³/mol. The van der Waals surface area contributed by atoms with Crippen molar-refractivity contribution in [2.24, 2.45) is 0 Å². The zero-order chi connectivity index (χ0) is 10.1. The van der Waals surface area contributed by atoms with Gasteiger partial charge in [-0.25, -0.2) is 0 Å². The zero-order valence-corrected chi connectivity index (χ0v) is 9.62. The average Bonchev–Trinajstić information content (AvgIpc) is 2.05. The van der Waals surface area contributed by atoms with E-state index in [1.807, 2.05) is 17.0 Å². The molecule has 0 aliphatic carbocycles. The molecular formula is C11H12BrNO. The molecule has 1 aromatic rings. The largest absolute Gasteiger partial charge is 0.336 e. The van der Waals surface area contributed by atoms with Crippen molar-refractivity contribution in [2.45, 2.75) is 19.4 Å². The summed E-state index contributed by atoms with van der Waals surface area (Å²) in [6.07, 6.45) is 1.08. The molecule has 3 heteroatoms. The van der Waals surface area contributed by atoms with Crippen LogP contribution in [-0.4, -0.2) is 17.4 Å². The second kappa shape index (κ2) is 3.73. The quantitative estimate of drug-likeness (QED) is 0.754. The highest BCUT2D eigenvalue weighted by Crippen LogP contribution is 2.33. The number of benzene rings is 1. The molecule has 0 spiro atoms. The van der Waals surface area contributed by atoms with Crippen LogP contribution in [-0.2, 0) is 4.79 Å². The molecule has 1 fully saturated rings. The number of carbonyl (C=O) groups is 1. The number of amides is 1. The van der Waals surface area contributed by atoms with Crippen LogP contribution in [0.25, 0.3) is 0 Å². The lowest BCUT2D eigenvalue weighted by Gasteiger charge is -2.40. The van der Waals surface area contributed by atoms with Crippen LogP contribution < -0.4 is 0 Å². The lowest BCUT2D eigenvalue weighted by atomic mass is 9.95. The van der Waals surface area contributed by atoms with Crippen LogP contribution in [0.3, 0.4) is 0 Å². The maximum absolute atomic E-state index is 11.2. The van der Waals surface area contributed by atoms with Gasteiger partial charge in [-0.15, -0.1) is 0 Å². The minimum Gasteiger partial charge on any atom is -0.336 e. The molecule has 0 bridgehead atoms. The Morgan fingerprint density at radius 2 is 2.07 bits per heavy atom. The van der Waals surface area contributed by atoms with Gasteiger partial charge >= 0.3 is 0 Å². The van der Waals surface area contributed by atoms with E-state index < -0.39 is 0 Å². The summed E-state index contributed by atoms with van der Waals surface area (Å²) in [6, 6.07) is 8.49. The van der Waals surface area contributed by atoms with E-state index in [9.17, 15) is 4.79 Å². The van der Waals surface area contributed by atoms with Crippen molar-refractivity contribution >= 4 is 21.8 Å². The van der Waals surface area contributed by atoms with Gasteiger partial charge in [-0.05, 0) is 24.1 Å². The van der Waals surface area contributed by atoms with E-state index in [2.05, 4.69) is 28.1 Å². The SMILES string of the molecule is CC(=O)N1CCC1c1ccc(Br)cc1. The smallest absolute Gasteiger partial charge is 0.219 e. The van der Waals surface area contributed by atoms with Gasteiger partial charge in [0.1, 0.15) is 0 Å². The molecule has 1 unspecified atom stereocenters. The molecule has 1 aromatic carbocycles. The first-order chi connectivity index (χ1) is 6.68. The molecule has 2 rings (SSSR count). The lowest BCUT2D eigenvalue weighted by molar-refractivity contribution is -0.136. The molecule has 0 N–H and O–H groups in total. The summed E-state index contributed by atoms with van der Waals surface area (Å²) in [5.41, 5.74) is 1.23. The summed E-state index contributed by atoms with van der Waals surface area (Å²) in [6.45, 7) is 2.53. The maximum Gasteiger partial charge on any atom is 0.219 e. The van der Waals surface area contributed by atoms with Crippen molar-refractivity contribution in [1.29, 1.82) is 0 Å². The first-order valence-corrected chi connectivity index (χ1v) is 5.50. The van der Waals surface area contributed by atoms with Crippen molar-refractivity contribution in [3.63, 3.8) is 0 Å². The zero-order valence-electron chi connectivity index (χ0n) is 8.03. The van der Waals surface area contributed by atoms with Crippen LogP contribution in [0.5, 0.6) is 0 Å². The number of nitrogens with zero attached hydrogens (tertiary/aromatic N) is 1. The average molecular weight is 254 g/mol. The Labute approximate surface area is 92.0 Å². The Morgan fingerprint density at radius 1 is 1.43 bits per heavy atom. The summed E-state index contributed by atoms with van der Waals surface area (Å²) in [5.74, 6) is 0.171. The van der Waals surface area contributed by atoms with E-state index in [1.165, 1.54) is 5.56 Å². The number of rotatable bonds is 1. The minimum absolute atomic E-state index is 0.171. The van der Waals surface area contributed by atoms with Gasteiger partial charge in [-0.2, -0.15) is 0 Å². The van der Waals surface area contributed by atoms with Crippen molar-refractivity contribution in [2.75, 3.05) is 6.54 Å². The van der Waals surface area contributed by atoms with Crippen LogP contribution in [0.15, 0.2) is 28.7 Å². The fraction of sp³-hybridized carbons (Fsp3) is 0.364. The molecule has 2 nitrogen and oxygen atoms in total. The molecule has 1 aliphatic heterocycles. The number of halogens is 1. The van der Waals surface area contributed by atoms with Crippen LogP contribution in [0.2, 0.25) is 0 Å². The van der Waals surface area contributed by atoms with Crippen LogP contribution in [0.1, 0.15) is 24.9 Å². The Hall–Kier alpha value is -0.830. The molecule has 1 amide bonds. The number of hydrogen-bond donors (Lipinski definition) is 0. The summed E-state index contributed by atoms with van der Waals surface area (Å²) in [4.78, 5) is 13.1. The van der Waals surface area contributed by atoms with Crippen molar-refractivity contribution in [3.05, 3.63) is 34.3 Å². The van der Waals surface area contributed by atoms with E-state index >= 15 is 0 Å². The van der Waals surface area contributed by atoms with E-state index in [0.29, 0.717) is 6.04 Å². The third-order valence-corrected chi connectivity index (χ3v) is 3.21. The monoisotopic (exact) mass is 253 g/mol. The van der Waals surface area contributed by atoms with Gasteiger partial charge in [0.25, 0.3) is 0 Å². The van der Waals surface area contributed by atoms with E-state index in [1.54, 1.807) is 6.92 Å². The van der Waals surface area contributed by atoms with Gasteiger partial charge in [-0.3, -0.25) is 4.79 Å². The Morgan fingerprint density at radius 3 is 2.50 bits per heavy atom. The second-order valence-electron chi connectivity index (χ2n) is 3.57. The maximum atomic E-state index is 11.2. The number of carbonyl (C=O) groups excluding carboxylic acids is 1. The summed E-state index contributed by atoms with van der Waals surface area (Å²) < 4.78 is 1.08. The molecule has 1 saturated heterocycles. The topological polar surface area (TPSA) is 20.3 Å². The Kier molecular flexibility index (Phi) is 2.59. The molecule has 1 heterocycles. The highest BCUT2D eigenvalue weighted by molar-refractivity contribution is 9.10. The standard InChI is InChI=1S/C11H12BrNO/c1-8(14)13-7-6-11(13)9-2-4-10(12)5-3-9/h2-5,11H,6-7H2,1H3. The van der Waals surface area contributed by atoms with Gasteiger partial charge in [-0.1, -0.05) is 28.1 Å². The van der Waals surface area contributed by atoms with Crippen molar-refractivity contribution in [3.8, 4) is 0 Å². The highest BCUT2D eigenvalue weighted by Gasteiger charge is 2.30. The summed E-state index contributed by atoms with van der Waals surface area (Å²) in [5, 5.41) is 0. The van der Waals surface area contributed by atoms with E-state index in [4.69, 9.17) is 0 Å². The molecule has 0 aromatic heterocycles. The first kappa shape index (κ1) is 9.71. The Balaban J connectivity index is 2.16. The molecular weight excluding hydrogens is 242 g/mol. The molecule has 1 atom stereocenters. The van der Waals surface area contributed by atoms with Crippen LogP contribution in [0, 0.1) is 0 Å². The van der Waals surface area contributed by atoms with Crippen LogP contribution >= 0.6 is 15.9 Å². The number of hydrogen-bond acceptors (Lipinski definition) is 1. The molecule has 0 radical (unpaired) electrons. The molecule has 74 valence electrons. The molecule has 14 heavy (non-hydrogen) atoms. The minimum atomic E-state index is 0.171. The van der Waals surface area contributed by atoms with Gasteiger partial charge in [0.05, 0.1) is 6.04 Å². The van der Waals surface area contributed by atoms with E-state index in [0.717, 1.165) is 17.4 Å². The van der Waals surface area contributed by atoms with Gasteiger partial charge < -0.3 is 4.90 Å². The summed E-state index contributed by atoms with van der Waals surface area (Å²) >= 11 is 3.40. The van der Waals surface area contributed by atoms with Gasteiger partial charge in [0, 0.05) is 17.9 Å². The van der Waals surface area contributed by atoms with Crippen molar-refractivity contribution in [1.82, 2.24) is 4.90 Å². The van der Waals surface area contributed by atoms with Gasteiger partial charge in [0.15, 0.2) is 0 Å². The van der Waals surface area contributed by atoms with E-state index in [-0.39, 0.29) is 5.91 Å². The normalized spacial score (nSPS) is 20.4. The van der Waals surface area contributed by atoms with Crippen molar-refractivity contribution < 1.29 is 4.79 Å². The van der Waals surface area contributed by atoms with Crippen LogP contribution in [0.4, 0.5) is 0 Å². The molecule has 1 aliphatic rings. The fourth-order valence-corrected chi connectivity index (χ4v) is 2.06. The predicted octanol–water partition coefficient (Wildman–Crippen LogP) is 2.74. The summed E-state index contributed by atoms with van der Waals surface area (Å²) in [7, 11) is 0. The molecule has 0 saturated carbocycles. The fourth-order valence-electron chi connectivity index (χ4n) is 1.80. The first-order valence-electron chi connectivity index (χ1n) is 4.71. The third kappa shape index (κ3) is 1.69. The number of likely N-dealkylation sites (tertiary alicyclic amines) is 1. The van der Waals surface area contributed by atoms with Gasteiger partial charge in [0.2, 0.25) is 5.91 Å². The lowest BCUT2D eigenvalue weighted by Crippen LogP contribution is -2.43. The third-order valence-electron chi connectivity index (χ3n) is 2.68. The highest BCUT2D eigenvalue weighted by atomic mass is 79.9.